The molecule has 0 unspecified atom stereocenters. The molecular formula is C14H15ClN2O2S. The monoisotopic (exact) mass is 310 g/mol. The van der Waals surface area contributed by atoms with Crippen molar-refractivity contribution in [2.75, 3.05) is 20.3 Å². The fourth-order valence-electron chi connectivity index (χ4n) is 2.05. The van der Waals surface area contributed by atoms with E-state index in [0.717, 1.165) is 23.5 Å². The number of rotatable bonds is 3. The second-order valence-electron chi connectivity index (χ2n) is 4.50. The van der Waals surface area contributed by atoms with E-state index in [1.807, 2.05) is 25.4 Å². The molecule has 2 heterocycles. The van der Waals surface area contributed by atoms with E-state index in [1.54, 1.807) is 11.3 Å². The van der Waals surface area contributed by atoms with Gasteiger partial charge in [0.1, 0.15) is 5.01 Å². The van der Waals surface area contributed by atoms with Crippen LogP contribution in [0.3, 0.4) is 0 Å². The van der Waals surface area contributed by atoms with E-state index >= 15 is 0 Å². The van der Waals surface area contributed by atoms with Gasteiger partial charge in [0, 0.05) is 29.6 Å². The highest BCUT2D eigenvalue weighted by atomic mass is 35.5. The van der Waals surface area contributed by atoms with Crippen LogP contribution < -0.4 is 14.8 Å². The van der Waals surface area contributed by atoms with Crippen molar-refractivity contribution in [2.45, 2.75) is 13.0 Å². The van der Waals surface area contributed by atoms with Gasteiger partial charge < -0.3 is 14.8 Å². The molecule has 0 aliphatic carbocycles. The summed E-state index contributed by atoms with van der Waals surface area (Å²) in [5.41, 5.74) is 0.964. The Labute approximate surface area is 126 Å². The second kappa shape index (κ2) is 5.99. The second-order valence-corrected chi connectivity index (χ2v) is 6.02. The van der Waals surface area contributed by atoms with Crippen LogP contribution in [0.5, 0.6) is 11.5 Å². The van der Waals surface area contributed by atoms with Crippen molar-refractivity contribution >= 4 is 22.9 Å². The number of hydrogen-bond donors (Lipinski definition) is 1. The number of aromatic nitrogens is 1. The zero-order valence-electron chi connectivity index (χ0n) is 11.1. The predicted octanol–water partition coefficient (Wildman–Crippen LogP) is 3.34. The van der Waals surface area contributed by atoms with E-state index in [4.69, 9.17) is 21.1 Å². The van der Waals surface area contributed by atoms with Crippen molar-refractivity contribution in [1.82, 2.24) is 10.3 Å². The molecule has 20 heavy (non-hydrogen) atoms. The lowest BCUT2D eigenvalue weighted by Gasteiger charge is -2.10. The van der Waals surface area contributed by atoms with Crippen LogP contribution in [-0.4, -0.2) is 25.2 Å². The molecule has 0 radical (unpaired) electrons. The number of nitrogens with one attached hydrogen (secondary N) is 1. The Hall–Kier alpha value is -1.30. The number of nitrogens with zero attached hydrogens (tertiary/aromatic N) is 1. The molecule has 1 N–H and O–H groups in total. The maximum Gasteiger partial charge on any atom is 0.179 e. The summed E-state index contributed by atoms with van der Waals surface area (Å²) in [6.07, 6.45) is 2.75. The lowest BCUT2D eigenvalue weighted by Crippen LogP contribution is -2.02. The Bertz CT molecular complexity index is 615. The maximum absolute atomic E-state index is 6.30. The number of thiazole rings is 1. The largest absolute Gasteiger partial charge is 0.489 e. The molecule has 1 aromatic carbocycles. The van der Waals surface area contributed by atoms with Crippen LogP contribution >= 0.6 is 22.9 Å². The average molecular weight is 311 g/mol. The molecular weight excluding hydrogens is 296 g/mol. The number of fused-ring (bicyclic) bond motifs is 1. The Morgan fingerprint density at radius 2 is 2.20 bits per heavy atom. The minimum atomic E-state index is 0.574. The fraction of sp³-hybridized carbons (Fsp3) is 0.357. The van der Waals surface area contributed by atoms with Gasteiger partial charge in [0.25, 0.3) is 0 Å². The standard InChI is InChI=1S/C14H15ClN2O2S/c1-16-7-10-8-17-14(20-10)9-5-11(15)13-12(6-9)18-3-2-4-19-13/h5-6,8,16H,2-4,7H2,1H3. The van der Waals surface area contributed by atoms with Crippen LogP contribution in [0.2, 0.25) is 5.02 Å². The first-order chi connectivity index (χ1) is 9.78. The van der Waals surface area contributed by atoms with E-state index < -0.39 is 0 Å². The summed E-state index contributed by atoms with van der Waals surface area (Å²) in [4.78, 5) is 5.63. The summed E-state index contributed by atoms with van der Waals surface area (Å²) >= 11 is 7.94. The van der Waals surface area contributed by atoms with Gasteiger partial charge in [-0.25, -0.2) is 4.98 Å². The summed E-state index contributed by atoms with van der Waals surface area (Å²) in [5.74, 6) is 1.34. The third kappa shape index (κ3) is 2.75. The number of benzene rings is 1. The van der Waals surface area contributed by atoms with E-state index in [9.17, 15) is 0 Å². The molecule has 0 saturated heterocycles. The minimum Gasteiger partial charge on any atom is -0.489 e. The molecule has 3 rings (SSSR count). The van der Waals surface area contributed by atoms with Crippen molar-refractivity contribution in [3.05, 3.63) is 28.2 Å². The Kier molecular flexibility index (Phi) is 4.10. The van der Waals surface area contributed by atoms with Crippen LogP contribution in [0.15, 0.2) is 18.3 Å². The first-order valence-corrected chi connectivity index (χ1v) is 7.66. The third-order valence-corrected chi connectivity index (χ3v) is 4.28. The molecule has 1 aliphatic heterocycles. The van der Waals surface area contributed by atoms with Crippen LogP contribution in [0, 0.1) is 0 Å². The molecule has 4 nitrogen and oxygen atoms in total. The maximum atomic E-state index is 6.30. The Balaban J connectivity index is 1.97. The summed E-state index contributed by atoms with van der Waals surface area (Å²) in [7, 11) is 1.92. The van der Waals surface area contributed by atoms with Gasteiger partial charge in [-0.2, -0.15) is 0 Å². The van der Waals surface area contributed by atoms with Crippen LogP contribution in [0.4, 0.5) is 0 Å². The van der Waals surface area contributed by atoms with Crippen LogP contribution in [0.1, 0.15) is 11.3 Å². The highest BCUT2D eigenvalue weighted by Gasteiger charge is 2.17. The highest BCUT2D eigenvalue weighted by Crippen LogP contribution is 2.41. The molecule has 1 aromatic heterocycles. The molecule has 0 fully saturated rings. The van der Waals surface area contributed by atoms with Crippen molar-refractivity contribution in [3.8, 4) is 22.1 Å². The van der Waals surface area contributed by atoms with Gasteiger partial charge >= 0.3 is 0 Å². The molecule has 0 spiro atoms. The van der Waals surface area contributed by atoms with Gasteiger partial charge in [-0.3, -0.25) is 0 Å². The Morgan fingerprint density at radius 3 is 3.05 bits per heavy atom. The predicted molar refractivity (Wildman–Crippen MR) is 80.9 cm³/mol. The van der Waals surface area contributed by atoms with Crippen molar-refractivity contribution in [2.24, 2.45) is 0 Å². The molecule has 0 amide bonds. The van der Waals surface area contributed by atoms with E-state index in [2.05, 4.69) is 10.3 Å². The first-order valence-electron chi connectivity index (χ1n) is 6.47. The summed E-state index contributed by atoms with van der Waals surface area (Å²) in [5, 5.41) is 4.63. The van der Waals surface area contributed by atoms with Gasteiger partial charge in [0.15, 0.2) is 11.5 Å². The quantitative estimate of drug-likeness (QED) is 0.944. The average Bonchev–Trinajstić information content (AvgIpc) is 2.76. The topological polar surface area (TPSA) is 43.4 Å². The zero-order valence-corrected chi connectivity index (χ0v) is 12.7. The van der Waals surface area contributed by atoms with Crippen molar-refractivity contribution in [3.63, 3.8) is 0 Å². The molecule has 106 valence electrons. The van der Waals surface area contributed by atoms with Crippen LogP contribution in [0.25, 0.3) is 10.6 Å². The minimum absolute atomic E-state index is 0.574. The molecule has 2 aromatic rings. The van der Waals surface area contributed by atoms with Crippen LogP contribution in [-0.2, 0) is 6.54 Å². The lowest BCUT2D eigenvalue weighted by molar-refractivity contribution is 0.297. The molecule has 6 heteroatoms. The van der Waals surface area contributed by atoms with Gasteiger partial charge in [0.2, 0.25) is 0 Å². The third-order valence-electron chi connectivity index (χ3n) is 2.95. The summed E-state index contributed by atoms with van der Waals surface area (Å²) in [6, 6.07) is 3.84. The van der Waals surface area contributed by atoms with Gasteiger partial charge in [0.05, 0.1) is 18.2 Å². The van der Waals surface area contributed by atoms with Crippen molar-refractivity contribution in [1.29, 1.82) is 0 Å². The molecule has 0 atom stereocenters. The lowest BCUT2D eigenvalue weighted by atomic mass is 10.2. The summed E-state index contributed by atoms with van der Waals surface area (Å²) < 4.78 is 11.3. The van der Waals surface area contributed by atoms with Gasteiger partial charge in [-0.15, -0.1) is 11.3 Å². The summed E-state index contributed by atoms with van der Waals surface area (Å²) in [6.45, 7) is 2.10. The van der Waals surface area contributed by atoms with Crippen molar-refractivity contribution < 1.29 is 9.47 Å². The first kappa shape index (κ1) is 13.7. The van der Waals surface area contributed by atoms with Gasteiger partial charge in [-0.1, -0.05) is 11.6 Å². The zero-order chi connectivity index (χ0) is 13.9. The van der Waals surface area contributed by atoms with E-state index in [-0.39, 0.29) is 0 Å². The smallest absolute Gasteiger partial charge is 0.179 e. The molecule has 0 saturated carbocycles. The fourth-order valence-corrected chi connectivity index (χ4v) is 3.23. The number of hydrogen-bond acceptors (Lipinski definition) is 5. The molecule has 1 aliphatic rings. The normalized spacial score (nSPS) is 14.1. The van der Waals surface area contributed by atoms with E-state index in [1.165, 1.54) is 4.88 Å². The SMILES string of the molecule is CNCc1cnc(-c2cc(Cl)c3c(c2)OCCCO3)s1. The number of ether oxygens (including phenoxy) is 2. The Morgan fingerprint density at radius 1 is 1.35 bits per heavy atom. The number of halogens is 1. The highest BCUT2D eigenvalue weighted by molar-refractivity contribution is 7.15. The van der Waals surface area contributed by atoms with Gasteiger partial charge in [-0.05, 0) is 19.2 Å². The molecule has 0 bridgehead atoms. The van der Waals surface area contributed by atoms with E-state index in [0.29, 0.717) is 29.7 Å².